The van der Waals surface area contributed by atoms with Crippen molar-refractivity contribution in [2.45, 2.75) is 25.8 Å². The van der Waals surface area contributed by atoms with E-state index in [9.17, 15) is 4.79 Å². The largest absolute Gasteiger partial charge is 0.385 e. The average Bonchev–Trinajstić information content (AvgIpc) is 2.47. The second-order valence-corrected chi connectivity index (χ2v) is 4.04. The zero-order valence-corrected chi connectivity index (χ0v) is 9.03. The number of amides is 1. The van der Waals surface area contributed by atoms with Gasteiger partial charge < -0.3 is 15.4 Å². The van der Waals surface area contributed by atoms with E-state index in [0.717, 1.165) is 13.0 Å². The zero-order chi connectivity index (χ0) is 10.6. The van der Waals surface area contributed by atoms with Gasteiger partial charge in [-0.15, -0.1) is 0 Å². The molecule has 0 bridgehead atoms. The van der Waals surface area contributed by atoms with E-state index in [1.165, 1.54) is 0 Å². The molecule has 82 valence electrons. The molecule has 0 spiro atoms. The third-order valence-corrected chi connectivity index (χ3v) is 2.76. The van der Waals surface area contributed by atoms with E-state index in [0.29, 0.717) is 25.5 Å². The van der Waals surface area contributed by atoms with E-state index >= 15 is 0 Å². The highest BCUT2D eigenvalue weighted by molar-refractivity contribution is 5.76. The van der Waals surface area contributed by atoms with Crippen LogP contribution in [0.3, 0.4) is 0 Å². The van der Waals surface area contributed by atoms with Gasteiger partial charge in [-0.05, 0) is 12.3 Å². The minimum Gasteiger partial charge on any atom is -0.385 e. The summed E-state index contributed by atoms with van der Waals surface area (Å²) in [5.74, 6) is 0.642. The lowest BCUT2D eigenvalue weighted by Crippen LogP contribution is -2.32. The third-order valence-electron chi connectivity index (χ3n) is 2.76. The molecule has 1 heterocycles. The first kappa shape index (κ1) is 11.5. The Labute approximate surface area is 85.4 Å². The summed E-state index contributed by atoms with van der Waals surface area (Å²) in [7, 11) is 1.65. The smallest absolute Gasteiger partial charge is 0.222 e. The quantitative estimate of drug-likeness (QED) is 0.660. The number of nitrogens with zero attached hydrogens (tertiary/aromatic N) is 1. The highest BCUT2D eigenvalue weighted by Crippen LogP contribution is 2.15. The summed E-state index contributed by atoms with van der Waals surface area (Å²) in [6, 6.07) is 0.154. The fourth-order valence-electron chi connectivity index (χ4n) is 1.72. The van der Waals surface area contributed by atoms with E-state index in [4.69, 9.17) is 10.5 Å². The SMILES string of the molecule is COCCCC(=O)N1CC(C)C(N)C1. The van der Waals surface area contributed by atoms with Crippen molar-refractivity contribution >= 4 is 5.91 Å². The number of nitrogens with two attached hydrogens (primary N) is 1. The van der Waals surface area contributed by atoms with Gasteiger partial charge in [-0.3, -0.25) is 4.79 Å². The number of likely N-dealkylation sites (tertiary alicyclic amines) is 1. The molecule has 0 aromatic heterocycles. The van der Waals surface area contributed by atoms with Crippen LogP contribution in [0, 0.1) is 5.92 Å². The molecule has 1 rings (SSSR count). The molecule has 4 heteroatoms. The number of carbonyl (C=O) groups excluding carboxylic acids is 1. The molecule has 2 N–H and O–H groups in total. The molecule has 0 aromatic carbocycles. The molecule has 1 amide bonds. The van der Waals surface area contributed by atoms with Crippen molar-refractivity contribution in [3.05, 3.63) is 0 Å². The van der Waals surface area contributed by atoms with E-state index in [1.807, 2.05) is 4.90 Å². The number of rotatable bonds is 4. The Balaban J connectivity index is 2.25. The summed E-state index contributed by atoms with van der Waals surface area (Å²) >= 11 is 0. The lowest BCUT2D eigenvalue weighted by atomic mass is 10.1. The van der Waals surface area contributed by atoms with Crippen LogP contribution in [0.25, 0.3) is 0 Å². The molecular formula is C10H20N2O2. The van der Waals surface area contributed by atoms with Crippen molar-refractivity contribution in [3.63, 3.8) is 0 Å². The second kappa shape index (κ2) is 5.32. The Morgan fingerprint density at radius 2 is 2.29 bits per heavy atom. The monoisotopic (exact) mass is 200 g/mol. The summed E-state index contributed by atoms with van der Waals surface area (Å²) < 4.78 is 4.90. The molecule has 0 aliphatic carbocycles. The van der Waals surface area contributed by atoms with Crippen molar-refractivity contribution in [2.75, 3.05) is 26.8 Å². The number of carbonyl (C=O) groups is 1. The Bertz CT molecular complexity index is 187. The lowest BCUT2D eigenvalue weighted by molar-refractivity contribution is -0.130. The van der Waals surface area contributed by atoms with Crippen LogP contribution in [-0.4, -0.2) is 43.7 Å². The first-order valence-corrected chi connectivity index (χ1v) is 5.17. The van der Waals surface area contributed by atoms with Gasteiger partial charge in [0.2, 0.25) is 5.91 Å². The minimum atomic E-state index is 0.154. The lowest BCUT2D eigenvalue weighted by Gasteiger charge is -2.15. The topological polar surface area (TPSA) is 55.6 Å². The summed E-state index contributed by atoms with van der Waals surface area (Å²) in [6.07, 6.45) is 1.38. The van der Waals surface area contributed by atoms with Crippen LogP contribution in [0.2, 0.25) is 0 Å². The molecule has 14 heavy (non-hydrogen) atoms. The standard InChI is InChI=1S/C10H20N2O2/c1-8-6-12(7-9(8)11)10(13)4-3-5-14-2/h8-9H,3-7,11H2,1-2H3. The Morgan fingerprint density at radius 1 is 1.57 bits per heavy atom. The van der Waals surface area contributed by atoms with Gasteiger partial charge in [-0.25, -0.2) is 0 Å². The summed E-state index contributed by atoms with van der Waals surface area (Å²) in [5.41, 5.74) is 5.84. The molecule has 1 aliphatic heterocycles. The van der Waals surface area contributed by atoms with Crippen molar-refractivity contribution < 1.29 is 9.53 Å². The number of hydrogen-bond donors (Lipinski definition) is 1. The average molecular weight is 200 g/mol. The maximum absolute atomic E-state index is 11.6. The van der Waals surface area contributed by atoms with Crippen molar-refractivity contribution in [3.8, 4) is 0 Å². The Hall–Kier alpha value is -0.610. The van der Waals surface area contributed by atoms with Crippen LogP contribution < -0.4 is 5.73 Å². The van der Waals surface area contributed by atoms with Crippen molar-refractivity contribution in [1.29, 1.82) is 0 Å². The van der Waals surface area contributed by atoms with Crippen LogP contribution in [0.4, 0.5) is 0 Å². The Morgan fingerprint density at radius 3 is 2.79 bits per heavy atom. The molecule has 1 fully saturated rings. The van der Waals surface area contributed by atoms with Gasteiger partial charge in [0, 0.05) is 39.3 Å². The normalized spacial score (nSPS) is 26.9. The van der Waals surface area contributed by atoms with Gasteiger partial charge in [0.15, 0.2) is 0 Å². The van der Waals surface area contributed by atoms with Crippen LogP contribution >= 0.6 is 0 Å². The van der Waals surface area contributed by atoms with E-state index in [2.05, 4.69) is 6.92 Å². The Kier molecular flexibility index (Phi) is 4.35. The third kappa shape index (κ3) is 2.96. The van der Waals surface area contributed by atoms with Gasteiger partial charge in [-0.2, -0.15) is 0 Å². The predicted molar refractivity (Wildman–Crippen MR) is 54.8 cm³/mol. The summed E-state index contributed by atoms with van der Waals surface area (Å²) in [6.45, 7) is 4.27. The highest BCUT2D eigenvalue weighted by Gasteiger charge is 2.29. The fraction of sp³-hybridized carbons (Fsp3) is 0.900. The van der Waals surface area contributed by atoms with Crippen LogP contribution in [0.1, 0.15) is 19.8 Å². The van der Waals surface area contributed by atoms with Gasteiger partial charge in [0.1, 0.15) is 0 Å². The van der Waals surface area contributed by atoms with E-state index in [-0.39, 0.29) is 11.9 Å². The van der Waals surface area contributed by atoms with Gasteiger partial charge >= 0.3 is 0 Å². The second-order valence-electron chi connectivity index (χ2n) is 4.04. The molecule has 0 radical (unpaired) electrons. The zero-order valence-electron chi connectivity index (χ0n) is 9.03. The van der Waals surface area contributed by atoms with Gasteiger partial charge in [0.25, 0.3) is 0 Å². The first-order chi connectivity index (χ1) is 6.65. The van der Waals surface area contributed by atoms with Gasteiger partial charge in [0.05, 0.1) is 0 Å². The molecule has 0 saturated carbocycles. The van der Waals surface area contributed by atoms with E-state index < -0.39 is 0 Å². The predicted octanol–water partition coefficient (Wildman–Crippen LogP) is 0.219. The molecule has 1 aliphatic rings. The number of ether oxygens (including phenoxy) is 1. The highest BCUT2D eigenvalue weighted by atomic mass is 16.5. The van der Waals surface area contributed by atoms with Crippen LogP contribution in [0.15, 0.2) is 0 Å². The van der Waals surface area contributed by atoms with Crippen molar-refractivity contribution in [2.24, 2.45) is 11.7 Å². The molecule has 4 nitrogen and oxygen atoms in total. The maximum Gasteiger partial charge on any atom is 0.222 e. The molecule has 2 unspecified atom stereocenters. The number of hydrogen-bond acceptors (Lipinski definition) is 3. The van der Waals surface area contributed by atoms with Crippen molar-refractivity contribution in [1.82, 2.24) is 4.90 Å². The summed E-state index contributed by atoms with van der Waals surface area (Å²) in [4.78, 5) is 13.5. The first-order valence-electron chi connectivity index (χ1n) is 5.17. The minimum absolute atomic E-state index is 0.154. The molecule has 2 atom stereocenters. The summed E-state index contributed by atoms with van der Waals surface area (Å²) in [5, 5.41) is 0. The van der Waals surface area contributed by atoms with Crippen LogP contribution in [-0.2, 0) is 9.53 Å². The maximum atomic E-state index is 11.6. The van der Waals surface area contributed by atoms with E-state index in [1.54, 1.807) is 7.11 Å². The van der Waals surface area contributed by atoms with Crippen LogP contribution in [0.5, 0.6) is 0 Å². The number of methoxy groups -OCH3 is 1. The molecule has 1 saturated heterocycles. The molecule has 0 aromatic rings. The van der Waals surface area contributed by atoms with Gasteiger partial charge in [-0.1, -0.05) is 6.92 Å². The fourth-order valence-corrected chi connectivity index (χ4v) is 1.72. The molecular weight excluding hydrogens is 180 g/mol.